The molecule has 0 spiro atoms. The minimum Gasteiger partial charge on any atom is -0.478 e. The Morgan fingerprint density at radius 1 is 1.12 bits per heavy atom. The molecule has 0 fully saturated rings. The Morgan fingerprint density at radius 2 is 1.76 bits per heavy atom. The summed E-state index contributed by atoms with van der Waals surface area (Å²) in [5.74, 6) is -4.08. The average molecular weight is 244 g/mol. The van der Waals surface area contributed by atoms with Gasteiger partial charge in [0.1, 0.15) is 0 Å². The highest BCUT2D eigenvalue weighted by Crippen LogP contribution is 1.89. The van der Waals surface area contributed by atoms with E-state index in [9.17, 15) is 14.4 Å². The molecule has 0 saturated carbocycles. The highest BCUT2D eigenvalue weighted by Gasteiger charge is 2.04. The number of carboxylic acids is 1. The number of amides is 1. The van der Waals surface area contributed by atoms with Gasteiger partial charge in [0.05, 0.1) is 0 Å². The van der Waals surface area contributed by atoms with Crippen molar-refractivity contribution in [2.45, 2.75) is 0 Å². The number of hydrogen-bond donors (Lipinski definition) is 4. The molecule has 0 aliphatic heterocycles. The van der Waals surface area contributed by atoms with Crippen LogP contribution in [0.15, 0.2) is 29.5 Å². The molecule has 0 rings (SSSR count). The van der Waals surface area contributed by atoms with Crippen LogP contribution >= 0.6 is 0 Å². The van der Waals surface area contributed by atoms with Gasteiger partial charge in [-0.25, -0.2) is 15.1 Å². The van der Waals surface area contributed by atoms with Crippen molar-refractivity contribution in [3.63, 3.8) is 0 Å². The number of carbonyl (C=O) groups excluding carboxylic acids is 2. The van der Waals surface area contributed by atoms with Gasteiger partial charge >= 0.3 is 11.9 Å². The maximum absolute atomic E-state index is 10.9. The normalized spacial score (nSPS) is 11.7. The van der Waals surface area contributed by atoms with Gasteiger partial charge in [-0.3, -0.25) is 10.0 Å². The Hall–Kier alpha value is -2.68. The lowest BCUT2D eigenvalue weighted by Gasteiger charge is -1.97. The first kappa shape index (κ1) is 14.3. The summed E-state index contributed by atoms with van der Waals surface area (Å²) in [4.78, 5) is 31.4. The summed E-state index contributed by atoms with van der Waals surface area (Å²) in [7, 11) is 0. The molecule has 92 valence electrons. The van der Waals surface area contributed by atoms with E-state index in [-0.39, 0.29) is 0 Å². The minimum atomic E-state index is -1.36. The maximum Gasteiger partial charge on any atom is 0.337 e. The van der Waals surface area contributed by atoms with Gasteiger partial charge in [-0.15, -0.1) is 0 Å². The first-order chi connectivity index (χ1) is 7.99. The number of hydroxylamine groups is 1. The molecular formula is C8H8N2O7. The van der Waals surface area contributed by atoms with Crippen molar-refractivity contribution in [1.29, 1.82) is 0 Å². The minimum absolute atomic E-state index is 0.515. The predicted molar refractivity (Wildman–Crippen MR) is 51.2 cm³/mol. The summed E-state index contributed by atoms with van der Waals surface area (Å²) >= 11 is 0. The summed E-state index contributed by atoms with van der Waals surface area (Å²) in [6.07, 6.45) is 2.58. The molecule has 4 N–H and O–H groups in total. The monoisotopic (exact) mass is 244 g/mol. The number of esters is 1. The number of rotatable bonds is 4. The molecule has 0 atom stereocenters. The van der Waals surface area contributed by atoms with Crippen molar-refractivity contribution < 1.29 is 34.6 Å². The smallest absolute Gasteiger partial charge is 0.337 e. The van der Waals surface area contributed by atoms with Crippen LogP contribution in [-0.2, 0) is 19.1 Å². The molecule has 0 saturated heterocycles. The van der Waals surface area contributed by atoms with Crippen molar-refractivity contribution in [1.82, 2.24) is 5.48 Å². The number of nitrogens with one attached hydrogen (secondary N) is 1. The molecule has 0 aromatic carbocycles. The topological polar surface area (TPSA) is 146 Å². The van der Waals surface area contributed by atoms with Crippen LogP contribution in [0.25, 0.3) is 0 Å². The van der Waals surface area contributed by atoms with Crippen LogP contribution in [0.5, 0.6) is 0 Å². The molecule has 0 aliphatic rings. The Kier molecular flexibility index (Phi) is 6.39. The Morgan fingerprint density at radius 3 is 2.24 bits per heavy atom. The summed E-state index contributed by atoms with van der Waals surface area (Å²) in [6, 6.07) is 0. The van der Waals surface area contributed by atoms with Gasteiger partial charge in [0.2, 0.25) is 0 Å². The lowest BCUT2D eigenvalue weighted by Crippen LogP contribution is -2.16. The molecule has 9 heteroatoms. The molecule has 17 heavy (non-hydrogen) atoms. The van der Waals surface area contributed by atoms with E-state index in [4.69, 9.17) is 15.5 Å². The molecule has 0 aromatic heterocycles. The number of oxime groups is 1. The van der Waals surface area contributed by atoms with E-state index in [1.165, 1.54) is 5.48 Å². The van der Waals surface area contributed by atoms with Crippen molar-refractivity contribution in [3.05, 3.63) is 24.3 Å². The molecule has 0 aliphatic carbocycles. The molecule has 0 unspecified atom stereocenters. The number of hydrogen-bond acceptors (Lipinski definition) is 7. The molecule has 0 aromatic rings. The van der Waals surface area contributed by atoms with Gasteiger partial charge in [0.15, 0.2) is 0 Å². The van der Waals surface area contributed by atoms with Gasteiger partial charge < -0.3 is 15.1 Å². The fourth-order valence-corrected chi connectivity index (χ4v) is 0.548. The van der Waals surface area contributed by atoms with Crippen molar-refractivity contribution >= 4 is 23.7 Å². The predicted octanol–water partition coefficient (Wildman–Crippen LogP) is -0.980. The molecule has 0 heterocycles. The van der Waals surface area contributed by atoms with E-state index in [1.807, 2.05) is 0 Å². The lowest BCUT2D eigenvalue weighted by atomic mass is 10.4. The number of carbonyl (C=O) groups is 3. The number of nitrogens with zero attached hydrogens (tertiary/aromatic N) is 1. The SMILES string of the molecule is O=C(O)/C=C\C(=O)OC(/C=C/C(=O)NO)=NO. The fraction of sp³-hybridized carbons (Fsp3) is 0. The van der Waals surface area contributed by atoms with E-state index < -0.39 is 23.7 Å². The zero-order valence-electron chi connectivity index (χ0n) is 8.23. The lowest BCUT2D eigenvalue weighted by molar-refractivity contribution is -0.133. The molecule has 0 bridgehead atoms. The Balaban J connectivity index is 4.43. The van der Waals surface area contributed by atoms with Crippen LogP contribution in [0.1, 0.15) is 0 Å². The van der Waals surface area contributed by atoms with Crippen LogP contribution < -0.4 is 5.48 Å². The Labute approximate surface area is 94.2 Å². The first-order valence-corrected chi connectivity index (χ1v) is 3.96. The van der Waals surface area contributed by atoms with Crippen LogP contribution in [-0.4, -0.2) is 39.3 Å². The molecular weight excluding hydrogens is 236 g/mol. The van der Waals surface area contributed by atoms with Gasteiger partial charge in [-0.1, -0.05) is 0 Å². The van der Waals surface area contributed by atoms with Crippen molar-refractivity contribution in [2.24, 2.45) is 5.16 Å². The average Bonchev–Trinajstić information content (AvgIpc) is 2.31. The van der Waals surface area contributed by atoms with Crippen molar-refractivity contribution in [2.75, 3.05) is 0 Å². The first-order valence-electron chi connectivity index (χ1n) is 3.96. The van der Waals surface area contributed by atoms with Crippen LogP contribution in [0.4, 0.5) is 0 Å². The summed E-state index contributed by atoms with van der Waals surface area (Å²) in [5.41, 5.74) is 1.24. The summed E-state index contributed by atoms with van der Waals surface area (Å²) in [5, 5.41) is 27.2. The second-order valence-corrected chi connectivity index (χ2v) is 2.34. The molecule has 1 amide bonds. The van der Waals surface area contributed by atoms with E-state index in [1.54, 1.807) is 0 Å². The Bertz CT molecular complexity index is 397. The van der Waals surface area contributed by atoms with E-state index in [0.29, 0.717) is 18.2 Å². The third kappa shape index (κ3) is 7.27. The van der Waals surface area contributed by atoms with Crippen LogP contribution in [0.2, 0.25) is 0 Å². The maximum atomic E-state index is 10.9. The quantitative estimate of drug-likeness (QED) is 0.0945. The number of carboxylic acid groups (broad SMARTS) is 1. The largest absolute Gasteiger partial charge is 0.478 e. The summed E-state index contributed by atoms with van der Waals surface area (Å²) in [6.45, 7) is 0. The summed E-state index contributed by atoms with van der Waals surface area (Å²) < 4.78 is 4.31. The van der Waals surface area contributed by atoms with E-state index in [0.717, 1.165) is 6.08 Å². The van der Waals surface area contributed by atoms with E-state index >= 15 is 0 Å². The number of ether oxygens (including phenoxy) is 1. The standard InChI is InChI=1S/C8H8N2O7/c11-5(9-15)1-2-6(10-16)17-8(14)4-3-7(12)13/h1-4,15-16H,(H,9,11)(H,12,13)/b2-1+,4-3-,10-6?. The fourth-order valence-electron chi connectivity index (χ4n) is 0.548. The van der Waals surface area contributed by atoms with E-state index in [2.05, 4.69) is 9.89 Å². The zero-order chi connectivity index (χ0) is 13.3. The molecule has 0 radical (unpaired) electrons. The number of aliphatic carboxylic acids is 1. The molecule has 9 nitrogen and oxygen atoms in total. The second kappa shape index (κ2) is 7.59. The van der Waals surface area contributed by atoms with Crippen molar-refractivity contribution in [3.8, 4) is 0 Å². The highest BCUT2D eigenvalue weighted by molar-refractivity contribution is 6.03. The van der Waals surface area contributed by atoms with Gasteiger partial charge in [0.25, 0.3) is 11.8 Å². The van der Waals surface area contributed by atoms with Crippen LogP contribution in [0, 0.1) is 0 Å². The highest BCUT2D eigenvalue weighted by atomic mass is 16.6. The van der Waals surface area contributed by atoms with Gasteiger partial charge in [-0.05, 0) is 5.16 Å². The van der Waals surface area contributed by atoms with Gasteiger partial charge in [-0.2, -0.15) is 0 Å². The van der Waals surface area contributed by atoms with Crippen LogP contribution in [0.3, 0.4) is 0 Å². The zero-order valence-corrected chi connectivity index (χ0v) is 8.23. The third-order valence-corrected chi connectivity index (χ3v) is 1.15. The van der Waals surface area contributed by atoms with Gasteiger partial charge in [0, 0.05) is 24.3 Å². The second-order valence-electron chi connectivity index (χ2n) is 2.34. The third-order valence-electron chi connectivity index (χ3n) is 1.15.